The van der Waals surface area contributed by atoms with Gasteiger partial charge >= 0.3 is 0 Å². The van der Waals surface area contributed by atoms with Gasteiger partial charge < -0.3 is 15.1 Å². The Morgan fingerprint density at radius 3 is 2.39 bits per heavy atom. The highest BCUT2D eigenvalue weighted by atomic mass is 35.5. The van der Waals surface area contributed by atoms with Gasteiger partial charge in [-0.3, -0.25) is 4.79 Å². The van der Waals surface area contributed by atoms with E-state index < -0.39 is 0 Å². The van der Waals surface area contributed by atoms with Crippen molar-refractivity contribution in [2.24, 2.45) is 0 Å². The van der Waals surface area contributed by atoms with Gasteiger partial charge in [0, 0.05) is 48.8 Å². The van der Waals surface area contributed by atoms with Crippen molar-refractivity contribution in [2.75, 3.05) is 36.4 Å². The van der Waals surface area contributed by atoms with Crippen LogP contribution in [0.3, 0.4) is 0 Å². The van der Waals surface area contributed by atoms with Crippen LogP contribution in [-0.2, 0) is 0 Å². The third-order valence-electron chi connectivity index (χ3n) is 4.80. The number of hydrogen-bond donors (Lipinski definition) is 1. The zero-order valence-corrected chi connectivity index (χ0v) is 16.1. The first-order valence-electron chi connectivity index (χ1n) is 9.27. The molecular formula is C22H21ClN4O. The fraction of sp³-hybridized carbons (Fsp3) is 0.182. The van der Waals surface area contributed by atoms with Crippen molar-refractivity contribution in [1.82, 2.24) is 9.88 Å². The lowest BCUT2D eigenvalue weighted by atomic mass is 10.2. The van der Waals surface area contributed by atoms with Crippen molar-refractivity contribution < 1.29 is 4.79 Å². The van der Waals surface area contributed by atoms with E-state index in [9.17, 15) is 4.79 Å². The van der Waals surface area contributed by atoms with Crippen molar-refractivity contribution in [3.05, 3.63) is 83.5 Å². The lowest BCUT2D eigenvalue weighted by Gasteiger charge is -2.36. The zero-order chi connectivity index (χ0) is 19.3. The summed E-state index contributed by atoms with van der Waals surface area (Å²) < 4.78 is 0. The summed E-state index contributed by atoms with van der Waals surface area (Å²) in [5.74, 6) is 0.697. The number of piperazine rings is 1. The molecule has 1 N–H and O–H groups in total. The highest BCUT2D eigenvalue weighted by Crippen LogP contribution is 2.20. The molecule has 2 aromatic carbocycles. The van der Waals surface area contributed by atoms with Gasteiger partial charge in [0.1, 0.15) is 5.82 Å². The van der Waals surface area contributed by atoms with E-state index in [4.69, 9.17) is 11.6 Å². The van der Waals surface area contributed by atoms with E-state index in [0.29, 0.717) is 29.5 Å². The minimum absolute atomic E-state index is 0.0227. The van der Waals surface area contributed by atoms with E-state index in [2.05, 4.69) is 27.3 Å². The number of carbonyl (C=O) groups is 1. The van der Waals surface area contributed by atoms with Crippen LogP contribution in [0.1, 0.15) is 10.4 Å². The Morgan fingerprint density at radius 2 is 1.71 bits per heavy atom. The monoisotopic (exact) mass is 392 g/mol. The number of anilines is 3. The van der Waals surface area contributed by atoms with Gasteiger partial charge in [-0.15, -0.1) is 0 Å². The number of carbonyl (C=O) groups excluding carboxylic acids is 1. The quantitative estimate of drug-likeness (QED) is 0.713. The van der Waals surface area contributed by atoms with Crippen LogP contribution in [-0.4, -0.2) is 42.0 Å². The molecular weight excluding hydrogens is 372 g/mol. The standard InChI is InChI=1S/C22H21ClN4O/c23-18-5-4-6-19(15-18)25-21-10-9-17(16-24-21)22(28)27-13-11-26(12-14-27)20-7-2-1-3-8-20/h1-10,15-16H,11-14H2,(H,24,25). The summed E-state index contributed by atoms with van der Waals surface area (Å²) in [4.78, 5) is 21.4. The van der Waals surface area contributed by atoms with E-state index >= 15 is 0 Å². The van der Waals surface area contributed by atoms with E-state index in [1.165, 1.54) is 5.69 Å². The van der Waals surface area contributed by atoms with Gasteiger partial charge in [0.2, 0.25) is 0 Å². The van der Waals surface area contributed by atoms with Gasteiger partial charge in [0.15, 0.2) is 0 Å². The minimum Gasteiger partial charge on any atom is -0.368 e. The van der Waals surface area contributed by atoms with Crippen LogP contribution in [0.5, 0.6) is 0 Å². The predicted octanol–water partition coefficient (Wildman–Crippen LogP) is 4.44. The van der Waals surface area contributed by atoms with Gasteiger partial charge in [0.05, 0.1) is 5.56 Å². The lowest BCUT2D eigenvalue weighted by molar-refractivity contribution is 0.0746. The average molecular weight is 393 g/mol. The predicted molar refractivity (Wildman–Crippen MR) is 114 cm³/mol. The van der Waals surface area contributed by atoms with Crippen molar-refractivity contribution in [3.63, 3.8) is 0 Å². The van der Waals surface area contributed by atoms with E-state index in [1.54, 1.807) is 6.20 Å². The number of hydrogen-bond acceptors (Lipinski definition) is 4. The molecule has 6 heteroatoms. The molecule has 1 aliphatic heterocycles. The highest BCUT2D eigenvalue weighted by Gasteiger charge is 2.22. The molecule has 0 spiro atoms. The molecule has 1 aromatic heterocycles. The molecule has 0 atom stereocenters. The number of nitrogens with one attached hydrogen (secondary N) is 1. The number of benzene rings is 2. The van der Waals surface area contributed by atoms with Crippen molar-refractivity contribution in [3.8, 4) is 0 Å². The molecule has 28 heavy (non-hydrogen) atoms. The number of para-hydroxylation sites is 1. The molecule has 142 valence electrons. The van der Waals surface area contributed by atoms with Gasteiger partial charge in [-0.05, 0) is 42.5 Å². The number of aromatic nitrogens is 1. The van der Waals surface area contributed by atoms with E-state index in [1.807, 2.05) is 59.5 Å². The third kappa shape index (κ3) is 4.26. The third-order valence-corrected chi connectivity index (χ3v) is 5.03. The summed E-state index contributed by atoms with van der Waals surface area (Å²) in [7, 11) is 0. The molecule has 3 aromatic rings. The first-order chi connectivity index (χ1) is 13.7. The molecule has 0 unspecified atom stereocenters. The Balaban J connectivity index is 1.36. The molecule has 1 aliphatic rings. The van der Waals surface area contributed by atoms with Gasteiger partial charge in [-0.1, -0.05) is 35.9 Å². The molecule has 5 nitrogen and oxygen atoms in total. The largest absolute Gasteiger partial charge is 0.368 e. The Morgan fingerprint density at radius 1 is 0.929 bits per heavy atom. The minimum atomic E-state index is 0.0227. The maximum Gasteiger partial charge on any atom is 0.255 e. The van der Waals surface area contributed by atoms with Gasteiger partial charge in [-0.2, -0.15) is 0 Å². The molecule has 1 saturated heterocycles. The summed E-state index contributed by atoms with van der Waals surface area (Å²) in [6.45, 7) is 3.07. The summed E-state index contributed by atoms with van der Waals surface area (Å²) in [6.07, 6.45) is 1.62. The lowest BCUT2D eigenvalue weighted by Crippen LogP contribution is -2.48. The second kappa shape index (κ2) is 8.31. The molecule has 2 heterocycles. The van der Waals surface area contributed by atoms with E-state index in [0.717, 1.165) is 18.8 Å². The fourth-order valence-corrected chi connectivity index (χ4v) is 3.49. The van der Waals surface area contributed by atoms with Crippen LogP contribution < -0.4 is 10.2 Å². The van der Waals surface area contributed by atoms with Crippen molar-refractivity contribution in [1.29, 1.82) is 0 Å². The number of pyridine rings is 1. The van der Waals surface area contributed by atoms with Crippen LogP contribution >= 0.6 is 11.6 Å². The number of amides is 1. The molecule has 0 bridgehead atoms. The normalized spacial score (nSPS) is 14.0. The summed E-state index contributed by atoms with van der Waals surface area (Å²) in [5.41, 5.74) is 2.66. The molecule has 1 fully saturated rings. The topological polar surface area (TPSA) is 48.5 Å². The maximum absolute atomic E-state index is 12.8. The molecule has 0 aliphatic carbocycles. The summed E-state index contributed by atoms with van der Waals surface area (Å²) >= 11 is 6.00. The van der Waals surface area contributed by atoms with Crippen LogP contribution in [0.2, 0.25) is 5.02 Å². The molecule has 4 rings (SSSR count). The Kier molecular flexibility index (Phi) is 5.44. The number of halogens is 1. The van der Waals surface area contributed by atoms with Crippen LogP contribution in [0.4, 0.5) is 17.2 Å². The summed E-state index contributed by atoms with van der Waals surface area (Å²) in [6, 6.07) is 21.4. The number of nitrogens with zero attached hydrogens (tertiary/aromatic N) is 3. The average Bonchev–Trinajstić information content (AvgIpc) is 2.75. The van der Waals surface area contributed by atoms with Crippen LogP contribution in [0.15, 0.2) is 72.9 Å². The van der Waals surface area contributed by atoms with Crippen molar-refractivity contribution in [2.45, 2.75) is 0 Å². The first kappa shape index (κ1) is 18.3. The molecule has 0 saturated carbocycles. The van der Waals surface area contributed by atoms with Gasteiger partial charge in [0.25, 0.3) is 5.91 Å². The number of rotatable bonds is 4. The first-order valence-corrected chi connectivity index (χ1v) is 9.65. The highest BCUT2D eigenvalue weighted by molar-refractivity contribution is 6.30. The van der Waals surface area contributed by atoms with Gasteiger partial charge in [-0.25, -0.2) is 4.98 Å². The SMILES string of the molecule is O=C(c1ccc(Nc2cccc(Cl)c2)nc1)N1CCN(c2ccccc2)CC1. The smallest absolute Gasteiger partial charge is 0.255 e. The molecule has 0 radical (unpaired) electrons. The van der Waals surface area contributed by atoms with Crippen LogP contribution in [0, 0.1) is 0 Å². The van der Waals surface area contributed by atoms with E-state index in [-0.39, 0.29) is 5.91 Å². The van der Waals surface area contributed by atoms with Crippen LogP contribution in [0.25, 0.3) is 0 Å². The summed E-state index contributed by atoms with van der Waals surface area (Å²) in [5, 5.41) is 3.85. The maximum atomic E-state index is 12.8. The zero-order valence-electron chi connectivity index (χ0n) is 15.4. The second-order valence-corrected chi connectivity index (χ2v) is 7.12. The Hall–Kier alpha value is -3.05. The second-order valence-electron chi connectivity index (χ2n) is 6.68. The fourth-order valence-electron chi connectivity index (χ4n) is 3.30. The van der Waals surface area contributed by atoms with Crippen molar-refractivity contribution >= 4 is 34.7 Å². The Bertz CT molecular complexity index is 938. The Labute approximate surface area is 169 Å². The molecule has 1 amide bonds.